The number of aromatic nitrogens is 3. The predicted octanol–water partition coefficient (Wildman–Crippen LogP) is 3.74. The second kappa shape index (κ2) is 7.93. The second-order valence-corrected chi connectivity index (χ2v) is 9.12. The van der Waals surface area contributed by atoms with Gasteiger partial charge in [-0.25, -0.2) is 14.3 Å². The Morgan fingerprint density at radius 3 is 2.62 bits per heavy atom. The summed E-state index contributed by atoms with van der Waals surface area (Å²) in [5, 5.41) is 7.32. The van der Waals surface area contributed by atoms with Gasteiger partial charge in [0.1, 0.15) is 11.2 Å². The molecule has 0 spiro atoms. The SMILES string of the molecule is CC1(C)OC(=O)N([C@H]2CC[C@H](NC(=O)c3cnn4cccnc34)CC2)[C@H]1c1ccccc1. The zero-order valence-corrected chi connectivity index (χ0v) is 18.3. The molecule has 32 heavy (non-hydrogen) atoms. The molecule has 1 aliphatic carbocycles. The Morgan fingerprint density at radius 2 is 1.88 bits per heavy atom. The standard InChI is InChI=1S/C24H27N5O3/c1-24(2)20(16-7-4-3-5-8-16)29(23(31)32-24)18-11-9-17(10-12-18)27-22(30)19-15-26-28-14-6-13-25-21(19)28/h3-8,13-15,17-18,20H,9-12H2,1-2H3,(H,27,30)/t17-,18-,20-/m0/s1. The summed E-state index contributed by atoms with van der Waals surface area (Å²) in [6, 6.07) is 11.9. The number of ether oxygens (including phenoxy) is 1. The van der Waals surface area contributed by atoms with Crippen LogP contribution >= 0.6 is 0 Å². The average Bonchev–Trinajstić information content (AvgIpc) is 3.32. The van der Waals surface area contributed by atoms with Crippen LogP contribution in [0.15, 0.2) is 55.0 Å². The van der Waals surface area contributed by atoms with E-state index in [0.717, 1.165) is 31.2 Å². The molecular weight excluding hydrogens is 406 g/mol. The molecule has 2 amide bonds. The summed E-state index contributed by atoms with van der Waals surface area (Å²) in [4.78, 5) is 31.8. The van der Waals surface area contributed by atoms with Gasteiger partial charge in [-0.05, 0) is 51.2 Å². The fourth-order valence-electron chi connectivity index (χ4n) is 5.08. The van der Waals surface area contributed by atoms with E-state index in [9.17, 15) is 9.59 Å². The van der Waals surface area contributed by atoms with E-state index in [1.54, 1.807) is 29.2 Å². The largest absolute Gasteiger partial charge is 0.441 e. The molecule has 0 bridgehead atoms. The van der Waals surface area contributed by atoms with Crippen molar-refractivity contribution in [3.05, 3.63) is 66.1 Å². The van der Waals surface area contributed by atoms with Gasteiger partial charge in [0.15, 0.2) is 5.65 Å². The Morgan fingerprint density at radius 1 is 1.12 bits per heavy atom. The van der Waals surface area contributed by atoms with E-state index in [-0.39, 0.29) is 30.1 Å². The molecule has 1 saturated heterocycles. The summed E-state index contributed by atoms with van der Waals surface area (Å²) in [7, 11) is 0. The van der Waals surface area contributed by atoms with Crippen molar-refractivity contribution in [3.63, 3.8) is 0 Å². The highest BCUT2D eigenvalue weighted by molar-refractivity contribution is 5.99. The summed E-state index contributed by atoms with van der Waals surface area (Å²) in [6.45, 7) is 3.94. The molecule has 1 atom stereocenters. The van der Waals surface area contributed by atoms with Gasteiger partial charge in [0, 0.05) is 24.5 Å². The number of carbonyl (C=O) groups is 2. The van der Waals surface area contributed by atoms with Gasteiger partial charge in [0.2, 0.25) is 0 Å². The number of benzene rings is 1. The number of rotatable bonds is 4. The van der Waals surface area contributed by atoms with Crippen LogP contribution in [0, 0.1) is 0 Å². The zero-order chi connectivity index (χ0) is 22.3. The van der Waals surface area contributed by atoms with Crippen molar-refractivity contribution in [1.82, 2.24) is 24.8 Å². The summed E-state index contributed by atoms with van der Waals surface area (Å²) >= 11 is 0. The number of hydrogen-bond acceptors (Lipinski definition) is 5. The highest BCUT2D eigenvalue weighted by atomic mass is 16.6. The molecule has 3 aromatic rings. The van der Waals surface area contributed by atoms with Crippen LogP contribution in [0.3, 0.4) is 0 Å². The number of carbonyl (C=O) groups excluding carboxylic acids is 2. The summed E-state index contributed by atoms with van der Waals surface area (Å²) in [5.41, 5.74) is 1.51. The van der Waals surface area contributed by atoms with Gasteiger partial charge in [-0.15, -0.1) is 0 Å². The number of cyclic esters (lactones) is 1. The molecular formula is C24H27N5O3. The lowest BCUT2D eigenvalue weighted by molar-refractivity contribution is 0.0663. The molecule has 8 heteroatoms. The van der Waals surface area contributed by atoms with Crippen molar-refractivity contribution < 1.29 is 14.3 Å². The number of fused-ring (bicyclic) bond motifs is 1. The maximum atomic E-state index is 12.8. The quantitative estimate of drug-likeness (QED) is 0.677. The molecule has 2 fully saturated rings. The molecule has 2 aliphatic rings. The zero-order valence-electron chi connectivity index (χ0n) is 18.3. The average molecular weight is 434 g/mol. The Labute approximate surface area is 186 Å². The lowest BCUT2D eigenvalue weighted by Gasteiger charge is -2.38. The van der Waals surface area contributed by atoms with Crippen LogP contribution in [-0.2, 0) is 4.74 Å². The number of nitrogens with one attached hydrogen (secondary N) is 1. The minimum Gasteiger partial charge on any atom is -0.441 e. The van der Waals surface area contributed by atoms with Gasteiger partial charge < -0.3 is 10.1 Å². The first-order valence-corrected chi connectivity index (χ1v) is 11.1. The van der Waals surface area contributed by atoms with Gasteiger partial charge in [-0.2, -0.15) is 5.10 Å². The fourth-order valence-corrected chi connectivity index (χ4v) is 5.08. The Balaban J connectivity index is 1.27. The Kier molecular flexibility index (Phi) is 5.07. The lowest BCUT2D eigenvalue weighted by Crippen LogP contribution is -2.46. The molecule has 8 nitrogen and oxygen atoms in total. The normalized spacial score (nSPS) is 25.0. The van der Waals surface area contributed by atoms with Crippen LogP contribution in [0.2, 0.25) is 0 Å². The van der Waals surface area contributed by atoms with E-state index in [4.69, 9.17) is 4.74 Å². The molecule has 1 saturated carbocycles. The highest BCUT2D eigenvalue weighted by Crippen LogP contribution is 2.44. The van der Waals surface area contributed by atoms with Crippen LogP contribution in [-0.4, -0.2) is 49.2 Å². The second-order valence-electron chi connectivity index (χ2n) is 9.12. The minimum atomic E-state index is -0.597. The van der Waals surface area contributed by atoms with E-state index in [2.05, 4.69) is 27.5 Å². The number of nitrogens with zero attached hydrogens (tertiary/aromatic N) is 4. The van der Waals surface area contributed by atoms with E-state index in [1.807, 2.05) is 36.9 Å². The van der Waals surface area contributed by atoms with Crippen molar-refractivity contribution in [1.29, 1.82) is 0 Å². The van der Waals surface area contributed by atoms with E-state index in [0.29, 0.717) is 11.2 Å². The number of amides is 2. The molecule has 0 radical (unpaired) electrons. The third kappa shape index (κ3) is 3.59. The molecule has 166 valence electrons. The Bertz CT molecular complexity index is 1130. The Hall–Kier alpha value is -3.42. The van der Waals surface area contributed by atoms with Crippen molar-refractivity contribution in [2.45, 2.75) is 63.3 Å². The maximum absolute atomic E-state index is 12.8. The topological polar surface area (TPSA) is 88.8 Å². The maximum Gasteiger partial charge on any atom is 0.411 e. The van der Waals surface area contributed by atoms with Crippen molar-refractivity contribution in [2.75, 3.05) is 0 Å². The molecule has 2 aromatic heterocycles. The highest BCUT2D eigenvalue weighted by Gasteiger charge is 2.51. The van der Waals surface area contributed by atoms with Gasteiger partial charge in [-0.1, -0.05) is 30.3 Å². The molecule has 1 aliphatic heterocycles. The smallest absolute Gasteiger partial charge is 0.411 e. The first kappa shape index (κ1) is 20.5. The number of hydrogen-bond donors (Lipinski definition) is 1. The van der Waals surface area contributed by atoms with Crippen LogP contribution in [0.5, 0.6) is 0 Å². The first-order chi connectivity index (χ1) is 15.4. The predicted molar refractivity (Wildman–Crippen MR) is 118 cm³/mol. The van der Waals surface area contributed by atoms with Crippen LogP contribution in [0.1, 0.15) is 61.5 Å². The van der Waals surface area contributed by atoms with Crippen molar-refractivity contribution in [2.24, 2.45) is 0 Å². The van der Waals surface area contributed by atoms with Crippen molar-refractivity contribution in [3.8, 4) is 0 Å². The van der Waals surface area contributed by atoms with Crippen molar-refractivity contribution >= 4 is 17.6 Å². The molecule has 1 N–H and O–H groups in total. The van der Waals surface area contributed by atoms with Crippen LogP contribution in [0.25, 0.3) is 5.65 Å². The molecule has 0 unspecified atom stereocenters. The third-order valence-electron chi connectivity index (χ3n) is 6.56. The summed E-state index contributed by atoms with van der Waals surface area (Å²) < 4.78 is 7.36. The van der Waals surface area contributed by atoms with E-state index < -0.39 is 5.60 Å². The monoisotopic (exact) mass is 433 g/mol. The fraction of sp³-hybridized carbons (Fsp3) is 0.417. The van der Waals surface area contributed by atoms with Gasteiger partial charge >= 0.3 is 6.09 Å². The van der Waals surface area contributed by atoms with Gasteiger partial charge in [0.05, 0.1) is 12.2 Å². The third-order valence-corrected chi connectivity index (χ3v) is 6.56. The lowest BCUT2D eigenvalue weighted by atomic mass is 9.86. The van der Waals surface area contributed by atoms with E-state index >= 15 is 0 Å². The molecule has 1 aromatic carbocycles. The van der Waals surface area contributed by atoms with Crippen LogP contribution in [0.4, 0.5) is 4.79 Å². The molecule has 5 rings (SSSR count). The minimum absolute atomic E-state index is 0.0548. The first-order valence-electron chi connectivity index (χ1n) is 11.1. The van der Waals surface area contributed by atoms with Gasteiger partial charge in [0.25, 0.3) is 5.91 Å². The van der Waals surface area contributed by atoms with E-state index in [1.165, 1.54) is 0 Å². The molecule has 3 heterocycles. The summed E-state index contributed by atoms with van der Waals surface area (Å²) in [5.74, 6) is -0.161. The van der Waals surface area contributed by atoms with Gasteiger partial charge in [-0.3, -0.25) is 9.69 Å². The van der Waals surface area contributed by atoms with Crippen LogP contribution < -0.4 is 5.32 Å². The summed E-state index contributed by atoms with van der Waals surface area (Å²) in [6.07, 6.45) is 7.94.